The molecule has 0 radical (unpaired) electrons. The maximum Gasteiger partial charge on any atom is 0.325 e. The molecule has 0 amide bonds. The molecule has 3 heterocycles. The lowest BCUT2D eigenvalue weighted by Crippen LogP contribution is -2.76. The minimum absolute atomic E-state index is 0.0454. The summed E-state index contributed by atoms with van der Waals surface area (Å²) < 4.78 is 6.04. The molecule has 9 heteroatoms. The van der Waals surface area contributed by atoms with Crippen LogP contribution in [0.15, 0.2) is 27.9 Å². The van der Waals surface area contributed by atoms with Crippen molar-refractivity contribution in [3.05, 3.63) is 55.9 Å². The first-order chi connectivity index (χ1) is 16.2. The molecule has 3 aliphatic carbocycles. The van der Waals surface area contributed by atoms with Crippen molar-refractivity contribution in [3.63, 3.8) is 0 Å². The summed E-state index contributed by atoms with van der Waals surface area (Å²) in [5.74, 6) is 1.39. The number of benzene rings is 1. The molecule has 0 unspecified atom stereocenters. The summed E-state index contributed by atoms with van der Waals surface area (Å²) >= 11 is 0. The number of likely N-dealkylation sites (tertiary alicyclic amines) is 1. The van der Waals surface area contributed by atoms with Crippen molar-refractivity contribution >= 4 is 5.78 Å². The molecule has 9 nitrogen and oxygen atoms in total. The number of phenols is 1. The van der Waals surface area contributed by atoms with Gasteiger partial charge in [-0.05, 0) is 63.1 Å². The van der Waals surface area contributed by atoms with E-state index in [1.807, 2.05) is 6.07 Å². The van der Waals surface area contributed by atoms with E-state index in [9.17, 15) is 24.6 Å². The number of rotatable bonds is 2. The number of hydrogen-bond acceptors (Lipinski definition) is 7. The van der Waals surface area contributed by atoms with Crippen molar-refractivity contribution in [2.24, 2.45) is 5.92 Å². The number of nitrogens with one attached hydrogen (secondary N) is 2. The Labute approximate surface area is 195 Å². The number of carbonyl (C=O) groups is 1. The van der Waals surface area contributed by atoms with Crippen molar-refractivity contribution in [2.45, 2.75) is 68.6 Å². The predicted octanol–water partition coefficient (Wildman–Crippen LogP) is 0.897. The van der Waals surface area contributed by atoms with E-state index in [0.29, 0.717) is 24.2 Å². The van der Waals surface area contributed by atoms with Crippen LogP contribution in [0.4, 0.5) is 0 Å². The fourth-order valence-electron chi connectivity index (χ4n) is 6.74. The second-order valence-electron chi connectivity index (χ2n) is 10.5. The molecule has 5 aliphatic rings. The number of aliphatic hydroxyl groups is 1. The van der Waals surface area contributed by atoms with Gasteiger partial charge in [0.1, 0.15) is 0 Å². The molecule has 1 spiro atoms. The van der Waals surface area contributed by atoms with Crippen LogP contribution >= 0.6 is 0 Å². The Morgan fingerprint density at radius 1 is 1.21 bits per heavy atom. The fraction of sp³-hybridized carbons (Fsp3) is 0.560. The SMILES string of the molecule is Cc1c[nH]c(=O)[nH]c1=O.O=C1CC[C@@]2(O)[C@H]3Cc4ccc(O)c5c4[C@@]2(CCN3CC2CC2)[C@H]1O5. The van der Waals surface area contributed by atoms with Crippen LogP contribution in [0.5, 0.6) is 11.5 Å². The van der Waals surface area contributed by atoms with E-state index in [-0.39, 0.29) is 23.1 Å². The first-order valence-electron chi connectivity index (χ1n) is 12.0. The van der Waals surface area contributed by atoms with Gasteiger partial charge in [0.2, 0.25) is 0 Å². The third kappa shape index (κ3) is 2.89. The van der Waals surface area contributed by atoms with Gasteiger partial charge in [0.05, 0.1) is 11.0 Å². The number of aromatic hydroxyl groups is 1. The minimum Gasteiger partial charge on any atom is -0.504 e. The van der Waals surface area contributed by atoms with Crippen molar-refractivity contribution < 1.29 is 19.7 Å². The van der Waals surface area contributed by atoms with E-state index in [1.165, 1.54) is 19.0 Å². The summed E-state index contributed by atoms with van der Waals surface area (Å²) in [6.07, 6.45) is 5.70. The number of aryl methyl sites for hydroxylation is 1. The number of aromatic nitrogens is 2. The van der Waals surface area contributed by atoms with Gasteiger partial charge in [-0.25, -0.2) is 4.79 Å². The molecule has 2 saturated carbocycles. The van der Waals surface area contributed by atoms with Gasteiger partial charge in [0.25, 0.3) is 5.56 Å². The summed E-state index contributed by atoms with van der Waals surface area (Å²) in [5, 5.41) is 22.3. The van der Waals surface area contributed by atoms with Gasteiger partial charge in [0, 0.05) is 36.3 Å². The normalized spacial score (nSPS) is 32.9. The average Bonchev–Trinajstić information content (AvgIpc) is 3.54. The molecule has 3 fully saturated rings. The van der Waals surface area contributed by atoms with E-state index in [0.717, 1.165) is 43.0 Å². The monoisotopic (exact) mass is 467 g/mol. The van der Waals surface area contributed by atoms with E-state index in [2.05, 4.69) is 14.9 Å². The zero-order valence-corrected chi connectivity index (χ0v) is 19.1. The number of hydrogen-bond donors (Lipinski definition) is 4. The quantitative estimate of drug-likeness (QED) is 0.515. The summed E-state index contributed by atoms with van der Waals surface area (Å²) in [5.41, 5.74) is 0.161. The molecule has 1 aromatic carbocycles. The lowest BCUT2D eigenvalue weighted by atomic mass is 9.49. The van der Waals surface area contributed by atoms with Gasteiger partial charge in [-0.3, -0.25) is 19.5 Å². The van der Waals surface area contributed by atoms with Crippen LogP contribution in [0, 0.1) is 12.8 Å². The topological polar surface area (TPSA) is 136 Å². The standard InChI is InChI=1S/C20H23NO4.C5H6N2O2/c22-13-4-3-12-9-15-20(24)6-5-14(23)18-19(20,16(12)17(13)25-18)7-8-21(15)10-11-1-2-11;1-3-2-6-5(9)7-4(3)8/h3-4,11,15,18,22,24H,1-2,5-10H2;2H,1H3,(H2,6,7,8,9)/t15-,18+,19+,20-;/m1./s1. The van der Waals surface area contributed by atoms with Crippen LogP contribution in [0.1, 0.15) is 48.8 Å². The zero-order valence-electron chi connectivity index (χ0n) is 19.1. The number of ether oxygens (including phenoxy) is 1. The molecule has 2 bridgehead atoms. The van der Waals surface area contributed by atoms with Crippen molar-refractivity contribution in [1.29, 1.82) is 0 Å². The first kappa shape index (κ1) is 21.6. The Hall–Kier alpha value is -2.91. The van der Waals surface area contributed by atoms with Gasteiger partial charge >= 0.3 is 5.69 Å². The van der Waals surface area contributed by atoms with Crippen LogP contribution < -0.4 is 16.0 Å². The molecule has 4 atom stereocenters. The number of Topliss-reactive ketones (excluding diaryl/α,β-unsaturated/α-hetero) is 1. The second-order valence-corrected chi connectivity index (χ2v) is 10.5. The average molecular weight is 468 g/mol. The first-order valence-corrected chi connectivity index (χ1v) is 12.0. The Balaban J connectivity index is 0.000000206. The maximum absolute atomic E-state index is 12.7. The van der Waals surface area contributed by atoms with Crippen LogP contribution in [0.3, 0.4) is 0 Å². The summed E-state index contributed by atoms with van der Waals surface area (Å²) in [6.45, 7) is 3.57. The molecular weight excluding hydrogens is 438 g/mol. The number of nitrogens with zero attached hydrogens (tertiary/aromatic N) is 1. The maximum atomic E-state index is 12.7. The van der Waals surface area contributed by atoms with Gasteiger partial charge in [-0.15, -0.1) is 0 Å². The number of H-pyrrole nitrogens is 2. The van der Waals surface area contributed by atoms with Crippen molar-refractivity contribution in [2.75, 3.05) is 13.1 Å². The summed E-state index contributed by atoms with van der Waals surface area (Å²) in [7, 11) is 0. The Bertz CT molecular complexity index is 1300. The number of ketones is 1. The summed E-state index contributed by atoms with van der Waals surface area (Å²) in [4.78, 5) is 40.5. The van der Waals surface area contributed by atoms with Crippen LogP contribution in [-0.2, 0) is 16.6 Å². The highest BCUT2D eigenvalue weighted by Crippen LogP contribution is 2.64. The van der Waals surface area contributed by atoms with E-state index < -0.39 is 22.8 Å². The van der Waals surface area contributed by atoms with Crippen LogP contribution in [0.25, 0.3) is 0 Å². The molecule has 34 heavy (non-hydrogen) atoms. The van der Waals surface area contributed by atoms with Crippen LogP contribution in [-0.4, -0.2) is 61.7 Å². The van der Waals surface area contributed by atoms with E-state index in [4.69, 9.17) is 4.74 Å². The number of phenolic OH excluding ortho intramolecular Hbond substituents is 1. The molecular formula is C25H29N3O6. The lowest BCUT2D eigenvalue weighted by Gasteiger charge is -2.62. The summed E-state index contributed by atoms with van der Waals surface area (Å²) in [6, 6.07) is 3.69. The highest BCUT2D eigenvalue weighted by Gasteiger charge is 2.73. The smallest absolute Gasteiger partial charge is 0.325 e. The Kier molecular flexibility index (Phi) is 4.64. The minimum atomic E-state index is -0.940. The van der Waals surface area contributed by atoms with Gasteiger partial charge in [-0.2, -0.15) is 0 Å². The van der Waals surface area contributed by atoms with Gasteiger partial charge in [-0.1, -0.05) is 6.07 Å². The number of aromatic amines is 2. The molecule has 1 saturated heterocycles. The third-order valence-corrected chi connectivity index (χ3v) is 8.56. The molecule has 180 valence electrons. The molecule has 7 rings (SSSR count). The van der Waals surface area contributed by atoms with E-state index >= 15 is 0 Å². The Morgan fingerprint density at radius 2 is 2.00 bits per heavy atom. The number of piperidine rings is 1. The zero-order chi connectivity index (χ0) is 23.8. The van der Waals surface area contributed by atoms with Gasteiger partial charge < -0.3 is 19.9 Å². The lowest BCUT2D eigenvalue weighted by molar-refractivity contribution is -0.188. The molecule has 2 aromatic rings. The molecule has 2 aliphatic heterocycles. The Morgan fingerprint density at radius 3 is 2.71 bits per heavy atom. The predicted molar refractivity (Wildman–Crippen MR) is 122 cm³/mol. The van der Waals surface area contributed by atoms with Crippen molar-refractivity contribution in [1.82, 2.24) is 14.9 Å². The van der Waals surface area contributed by atoms with Crippen molar-refractivity contribution in [3.8, 4) is 11.5 Å². The molecule has 1 aromatic heterocycles. The second kappa shape index (κ2) is 7.29. The van der Waals surface area contributed by atoms with Crippen LogP contribution in [0.2, 0.25) is 0 Å². The van der Waals surface area contributed by atoms with E-state index in [1.54, 1.807) is 13.0 Å². The highest BCUT2D eigenvalue weighted by molar-refractivity contribution is 5.90. The largest absolute Gasteiger partial charge is 0.504 e. The highest BCUT2D eigenvalue weighted by atomic mass is 16.5. The third-order valence-electron chi connectivity index (χ3n) is 8.56. The number of carbonyl (C=O) groups excluding carboxylic acids is 1. The van der Waals surface area contributed by atoms with Gasteiger partial charge in [0.15, 0.2) is 23.4 Å². The fourth-order valence-corrected chi connectivity index (χ4v) is 6.74. The molecule has 4 N–H and O–H groups in total.